The summed E-state index contributed by atoms with van der Waals surface area (Å²) in [7, 11) is 0. The molecule has 0 bridgehead atoms. The lowest BCUT2D eigenvalue weighted by Crippen LogP contribution is -2.22. The van der Waals surface area contributed by atoms with Gasteiger partial charge < -0.3 is 5.32 Å². The van der Waals surface area contributed by atoms with Gasteiger partial charge in [-0.15, -0.1) is 5.10 Å². The predicted molar refractivity (Wildman–Crippen MR) is 97.2 cm³/mol. The minimum atomic E-state index is -0.249. The average Bonchev–Trinajstić information content (AvgIpc) is 3.22. The number of H-pyrrole nitrogens is 1. The zero-order valence-corrected chi connectivity index (χ0v) is 15.0. The summed E-state index contributed by atoms with van der Waals surface area (Å²) in [5.41, 5.74) is 1.99. The van der Waals surface area contributed by atoms with E-state index in [0.717, 1.165) is 23.9 Å². The molecule has 2 N–H and O–H groups in total. The van der Waals surface area contributed by atoms with Gasteiger partial charge >= 0.3 is 0 Å². The molecule has 1 amide bonds. The molecule has 1 aliphatic rings. The van der Waals surface area contributed by atoms with E-state index in [-0.39, 0.29) is 11.2 Å². The van der Waals surface area contributed by atoms with Crippen molar-refractivity contribution in [2.45, 2.75) is 56.4 Å². The van der Waals surface area contributed by atoms with Gasteiger partial charge in [0.15, 0.2) is 0 Å². The molecule has 0 saturated heterocycles. The number of carbonyl (C=O) groups is 1. The maximum absolute atomic E-state index is 12.3. The fraction of sp³-hybridized carbons (Fsp3) is 0.500. The molecule has 6 heteroatoms. The van der Waals surface area contributed by atoms with Crippen LogP contribution in [0.1, 0.15) is 44.0 Å². The van der Waals surface area contributed by atoms with E-state index in [0.29, 0.717) is 5.16 Å². The minimum Gasteiger partial charge on any atom is -0.325 e. The van der Waals surface area contributed by atoms with Gasteiger partial charge in [0.2, 0.25) is 11.1 Å². The zero-order chi connectivity index (χ0) is 16.9. The van der Waals surface area contributed by atoms with Crippen molar-refractivity contribution in [2.75, 3.05) is 5.32 Å². The van der Waals surface area contributed by atoms with Crippen LogP contribution >= 0.6 is 11.8 Å². The van der Waals surface area contributed by atoms with E-state index in [1.165, 1.54) is 43.0 Å². The van der Waals surface area contributed by atoms with Crippen molar-refractivity contribution in [3.8, 4) is 0 Å². The molecule has 1 heterocycles. The van der Waals surface area contributed by atoms with Gasteiger partial charge in [-0.1, -0.05) is 55.1 Å². The van der Waals surface area contributed by atoms with E-state index in [2.05, 4.69) is 20.5 Å². The number of nitrogens with one attached hydrogen (secondary N) is 2. The number of aromatic nitrogens is 3. The standard InChI is InChI=1S/C18H24N4OS/c1-12-7-9-15(10-8-12)19-17(23)13(2)24-18-20-16(21-22-18)11-14-5-3-4-6-14/h7-10,13-14H,3-6,11H2,1-2H3,(H,19,23)(H,20,21,22). The Morgan fingerprint density at radius 3 is 2.75 bits per heavy atom. The van der Waals surface area contributed by atoms with Crippen molar-refractivity contribution in [2.24, 2.45) is 5.92 Å². The number of anilines is 1. The molecule has 5 nitrogen and oxygen atoms in total. The van der Waals surface area contributed by atoms with E-state index in [1.807, 2.05) is 38.1 Å². The van der Waals surface area contributed by atoms with Gasteiger partial charge in [-0.3, -0.25) is 9.89 Å². The van der Waals surface area contributed by atoms with Crippen LogP contribution in [0.2, 0.25) is 0 Å². The van der Waals surface area contributed by atoms with Crippen molar-refractivity contribution in [3.05, 3.63) is 35.7 Å². The largest absolute Gasteiger partial charge is 0.325 e. The lowest BCUT2D eigenvalue weighted by Gasteiger charge is -2.10. The number of thioether (sulfide) groups is 1. The molecule has 1 fully saturated rings. The molecule has 24 heavy (non-hydrogen) atoms. The average molecular weight is 344 g/mol. The molecule has 0 radical (unpaired) electrons. The minimum absolute atomic E-state index is 0.0361. The Morgan fingerprint density at radius 2 is 2.04 bits per heavy atom. The second kappa shape index (κ2) is 7.83. The Kier molecular flexibility index (Phi) is 5.56. The number of nitrogens with zero attached hydrogens (tertiary/aromatic N) is 2. The van der Waals surface area contributed by atoms with Crippen molar-refractivity contribution in [1.82, 2.24) is 15.2 Å². The molecular weight excluding hydrogens is 320 g/mol. The Bertz CT molecular complexity index is 677. The number of aryl methyl sites for hydroxylation is 1. The van der Waals surface area contributed by atoms with Crippen molar-refractivity contribution in [1.29, 1.82) is 0 Å². The van der Waals surface area contributed by atoms with Crippen LogP contribution in [0.3, 0.4) is 0 Å². The highest BCUT2D eigenvalue weighted by Crippen LogP contribution is 2.28. The Morgan fingerprint density at radius 1 is 1.33 bits per heavy atom. The first-order valence-electron chi connectivity index (χ1n) is 8.55. The summed E-state index contributed by atoms with van der Waals surface area (Å²) in [6.07, 6.45) is 6.21. The molecule has 1 aromatic heterocycles. The van der Waals surface area contributed by atoms with Crippen LogP contribution in [-0.2, 0) is 11.2 Å². The Labute approximate surface area is 147 Å². The second-order valence-electron chi connectivity index (χ2n) is 6.53. The van der Waals surface area contributed by atoms with Crippen molar-refractivity contribution in [3.63, 3.8) is 0 Å². The van der Waals surface area contributed by atoms with Gasteiger partial charge in [0.25, 0.3) is 0 Å². The Balaban J connectivity index is 1.52. The number of carbonyl (C=O) groups excluding carboxylic acids is 1. The predicted octanol–water partition coefficient (Wildman–Crippen LogP) is 3.97. The van der Waals surface area contributed by atoms with Crippen LogP contribution in [0.25, 0.3) is 0 Å². The van der Waals surface area contributed by atoms with Gasteiger partial charge in [-0.2, -0.15) is 0 Å². The number of benzene rings is 1. The number of rotatable bonds is 6. The van der Waals surface area contributed by atoms with E-state index < -0.39 is 0 Å². The first-order chi connectivity index (χ1) is 11.6. The quantitative estimate of drug-likeness (QED) is 0.778. The molecule has 128 valence electrons. The van der Waals surface area contributed by atoms with E-state index in [4.69, 9.17) is 0 Å². The van der Waals surface area contributed by atoms with Gasteiger partial charge in [-0.05, 0) is 31.9 Å². The summed E-state index contributed by atoms with van der Waals surface area (Å²) in [6, 6.07) is 7.80. The monoisotopic (exact) mass is 344 g/mol. The Hall–Kier alpha value is -1.82. The lowest BCUT2D eigenvalue weighted by atomic mass is 10.0. The van der Waals surface area contributed by atoms with Gasteiger partial charge in [0.05, 0.1) is 5.25 Å². The van der Waals surface area contributed by atoms with Crippen molar-refractivity contribution < 1.29 is 4.79 Å². The normalized spacial score (nSPS) is 16.2. The highest BCUT2D eigenvalue weighted by atomic mass is 32.2. The van der Waals surface area contributed by atoms with Crippen molar-refractivity contribution >= 4 is 23.4 Å². The molecule has 3 rings (SSSR count). The molecule has 0 aliphatic heterocycles. The smallest absolute Gasteiger partial charge is 0.237 e. The summed E-state index contributed by atoms with van der Waals surface area (Å²) in [4.78, 5) is 16.8. The van der Waals surface area contributed by atoms with E-state index in [1.54, 1.807) is 0 Å². The molecule has 0 spiro atoms. The second-order valence-corrected chi connectivity index (χ2v) is 7.84. The third kappa shape index (κ3) is 4.60. The fourth-order valence-electron chi connectivity index (χ4n) is 3.00. The summed E-state index contributed by atoms with van der Waals surface area (Å²) in [5.74, 6) is 1.64. The number of hydrogen-bond acceptors (Lipinski definition) is 4. The third-order valence-corrected chi connectivity index (χ3v) is 5.40. The van der Waals surface area contributed by atoms with Crippen LogP contribution in [0.5, 0.6) is 0 Å². The van der Waals surface area contributed by atoms with Gasteiger partial charge in [-0.25, -0.2) is 4.98 Å². The van der Waals surface area contributed by atoms with Crippen LogP contribution in [-0.4, -0.2) is 26.3 Å². The summed E-state index contributed by atoms with van der Waals surface area (Å²) >= 11 is 1.39. The summed E-state index contributed by atoms with van der Waals surface area (Å²) in [6.45, 7) is 3.90. The van der Waals surface area contributed by atoms with E-state index in [9.17, 15) is 4.79 Å². The maximum atomic E-state index is 12.3. The van der Waals surface area contributed by atoms with Crippen LogP contribution in [0.15, 0.2) is 29.4 Å². The van der Waals surface area contributed by atoms with Gasteiger partial charge in [0.1, 0.15) is 5.82 Å². The SMILES string of the molecule is Cc1ccc(NC(=O)C(C)Sc2n[nH]c(CC3CCCC3)n2)cc1. The third-order valence-electron chi connectivity index (χ3n) is 4.44. The highest BCUT2D eigenvalue weighted by molar-refractivity contribution is 8.00. The first kappa shape index (κ1) is 17.0. The summed E-state index contributed by atoms with van der Waals surface area (Å²) < 4.78 is 0. The molecule has 1 atom stereocenters. The van der Waals surface area contributed by atoms with Crippen LogP contribution < -0.4 is 5.32 Å². The summed E-state index contributed by atoms with van der Waals surface area (Å²) in [5, 5.41) is 10.6. The number of amides is 1. The highest BCUT2D eigenvalue weighted by Gasteiger charge is 2.20. The maximum Gasteiger partial charge on any atom is 0.237 e. The molecule has 1 aliphatic carbocycles. The molecular formula is C18H24N4OS. The topological polar surface area (TPSA) is 70.7 Å². The number of hydrogen-bond donors (Lipinski definition) is 2. The van der Waals surface area contributed by atoms with Crippen LogP contribution in [0, 0.1) is 12.8 Å². The zero-order valence-electron chi connectivity index (χ0n) is 14.2. The molecule has 1 aromatic carbocycles. The van der Waals surface area contributed by atoms with Gasteiger partial charge in [0, 0.05) is 12.1 Å². The molecule has 1 saturated carbocycles. The lowest BCUT2D eigenvalue weighted by molar-refractivity contribution is -0.115. The molecule has 2 aromatic rings. The first-order valence-corrected chi connectivity index (χ1v) is 9.43. The number of aromatic amines is 1. The van der Waals surface area contributed by atoms with Crippen LogP contribution in [0.4, 0.5) is 5.69 Å². The fourth-order valence-corrected chi connectivity index (χ4v) is 3.75. The van der Waals surface area contributed by atoms with E-state index >= 15 is 0 Å². The molecule has 1 unspecified atom stereocenters.